The first-order chi connectivity index (χ1) is 9.34. The molecule has 0 bridgehead atoms. The van der Waals surface area contributed by atoms with Crippen molar-refractivity contribution in [2.24, 2.45) is 0 Å². The number of benzene rings is 1. The molecule has 2 N–H and O–H groups in total. The first-order valence-corrected chi connectivity index (χ1v) is 6.83. The van der Waals surface area contributed by atoms with Gasteiger partial charge in [0.15, 0.2) is 5.11 Å². The molecule has 0 saturated heterocycles. The summed E-state index contributed by atoms with van der Waals surface area (Å²) in [5.74, 6) is 0.883. The third-order valence-corrected chi connectivity index (χ3v) is 3.06. The zero-order valence-corrected chi connectivity index (χ0v) is 11.6. The lowest BCUT2D eigenvalue weighted by Gasteiger charge is -2.09. The fraction of sp³-hybridized carbons (Fsp3) is 0.267. The van der Waals surface area contributed by atoms with Crippen molar-refractivity contribution < 1.29 is 4.42 Å². The number of furan rings is 1. The lowest BCUT2D eigenvalue weighted by Crippen LogP contribution is -2.35. The standard InChI is InChI=1S/C15H18N2OS/c19-15(17-12-14-9-5-11-18-14)16-10-4-8-13-6-2-1-3-7-13/h1-3,5-7,9,11H,4,8,10,12H2,(H2,16,17,19). The Bertz CT molecular complexity index is 482. The molecule has 1 aromatic heterocycles. The molecule has 19 heavy (non-hydrogen) atoms. The number of aryl methyl sites for hydroxylation is 1. The van der Waals surface area contributed by atoms with E-state index < -0.39 is 0 Å². The van der Waals surface area contributed by atoms with Crippen molar-refractivity contribution in [1.29, 1.82) is 0 Å². The van der Waals surface area contributed by atoms with E-state index in [1.807, 2.05) is 18.2 Å². The Labute approximate surface area is 119 Å². The Morgan fingerprint density at radius 2 is 1.89 bits per heavy atom. The van der Waals surface area contributed by atoms with Crippen LogP contribution in [0.15, 0.2) is 53.1 Å². The summed E-state index contributed by atoms with van der Waals surface area (Å²) in [6, 6.07) is 14.3. The van der Waals surface area contributed by atoms with Crippen molar-refractivity contribution in [2.75, 3.05) is 6.54 Å². The molecule has 2 aromatic rings. The Morgan fingerprint density at radius 3 is 2.63 bits per heavy atom. The van der Waals surface area contributed by atoms with E-state index in [9.17, 15) is 0 Å². The van der Waals surface area contributed by atoms with Crippen LogP contribution in [-0.2, 0) is 13.0 Å². The van der Waals surface area contributed by atoms with Crippen molar-refractivity contribution in [2.45, 2.75) is 19.4 Å². The van der Waals surface area contributed by atoms with E-state index in [0.717, 1.165) is 25.1 Å². The second kappa shape index (κ2) is 7.59. The van der Waals surface area contributed by atoms with E-state index in [1.54, 1.807) is 6.26 Å². The summed E-state index contributed by atoms with van der Waals surface area (Å²) in [6.07, 6.45) is 3.79. The summed E-state index contributed by atoms with van der Waals surface area (Å²) in [4.78, 5) is 0. The third-order valence-electron chi connectivity index (χ3n) is 2.77. The Hall–Kier alpha value is -1.81. The van der Waals surface area contributed by atoms with Gasteiger partial charge >= 0.3 is 0 Å². The normalized spacial score (nSPS) is 10.1. The van der Waals surface area contributed by atoms with Crippen molar-refractivity contribution in [3.8, 4) is 0 Å². The molecule has 0 amide bonds. The zero-order chi connectivity index (χ0) is 13.3. The predicted molar refractivity (Wildman–Crippen MR) is 80.9 cm³/mol. The summed E-state index contributed by atoms with van der Waals surface area (Å²) < 4.78 is 5.22. The minimum atomic E-state index is 0.623. The highest BCUT2D eigenvalue weighted by Gasteiger charge is 1.98. The van der Waals surface area contributed by atoms with Gasteiger partial charge in [-0.25, -0.2) is 0 Å². The Balaban J connectivity index is 1.57. The molecule has 0 saturated carbocycles. The van der Waals surface area contributed by atoms with Gasteiger partial charge in [0, 0.05) is 6.54 Å². The molecular weight excluding hydrogens is 256 g/mol. The molecule has 100 valence electrons. The van der Waals surface area contributed by atoms with Gasteiger partial charge in [-0.1, -0.05) is 30.3 Å². The minimum Gasteiger partial charge on any atom is -0.467 e. The molecule has 0 spiro atoms. The number of hydrogen-bond acceptors (Lipinski definition) is 2. The summed E-state index contributed by atoms with van der Waals surface area (Å²) in [5.41, 5.74) is 1.36. The van der Waals surface area contributed by atoms with Crippen LogP contribution in [-0.4, -0.2) is 11.7 Å². The molecule has 0 aliphatic carbocycles. The molecule has 0 fully saturated rings. The van der Waals surface area contributed by atoms with Crippen LogP contribution >= 0.6 is 12.2 Å². The maximum Gasteiger partial charge on any atom is 0.166 e. The second-order valence-corrected chi connectivity index (χ2v) is 4.69. The molecule has 0 unspecified atom stereocenters. The van der Waals surface area contributed by atoms with E-state index in [4.69, 9.17) is 16.6 Å². The average molecular weight is 274 g/mol. The predicted octanol–water partition coefficient (Wildman–Crippen LogP) is 2.88. The monoisotopic (exact) mass is 274 g/mol. The van der Waals surface area contributed by atoms with E-state index in [1.165, 1.54) is 5.56 Å². The van der Waals surface area contributed by atoms with Gasteiger partial charge in [-0.2, -0.15) is 0 Å². The fourth-order valence-electron chi connectivity index (χ4n) is 1.78. The quantitative estimate of drug-likeness (QED) is 0.627. The lowest BCUT2D eigenvalue weighted by molar-refractivity contribution is 0.502. The maximum absolute atomic E-state index is 5.22. The molecule has 0 radical (unpaired) electrons. The topological polar surface area (TPSA) is 37.2 Å². The van der Waals surface area contributed by atoms with Crippen LogP contribution in [0.25, 0.3) is 0 Å². The SMILES string of the molecule is S=C(NCCCc1ccccc1)NCc1ccco1. The van der Waals surface area contributed by atoms with E-state index >= 15 is 0 Å². The van der Waals surface area contributed by atoms with Crippen LogP contribution in [0.2, 0.25) is 0 Å². The van der Waals surface area contributed by atoms with Gasteiger partial charge in [0.25, 0.3) is 0 Å². The van der Waals surface area contributed by atoms with Gasteiger partial charge in [-0.3, -0.25) is 0 Å². The summed E-state index contributed by atoms with van der Waals surface area (Å²) in [6.45, 7) is 1.50. The fourth-order valence-corrected chi connectivity index (χ4v) is 1.96. The number of thiocarbonyl (C=S) groups is 1. The lowest BCUT2D eigenvalue weighted by atomic mass is 10.1. The van der Waals surface area contributed by atoms with Gasteiger partial charge in [0.1, 0.15) is 5.76 Å². The first-order valence-electron chi connectivity index (χ1n) is 6.42. The Morgan fingerprint density at radius 1 is 1.05 bits per heavy atom. The van der Waals surface area contributed by atoms with Crippen LogP contribution in [0.5, 0.6) is 0 Å². The Kier molecular flexibility index (Phi) is 5.44. The van der Waals surface area contributed by atoms with Crippen molar-refractivity contribution in [3.05, 3.63) is 60.1 Å². The highest BCUT2D eigenvalue weighted by Crippen LogP contribution is 2.01. The van der Waals surface area contributed by atoms with Crippen molar-refractivity contribution >= 4 is 17.3 Å². The molecule has 4 heteroatoms. The number of nitrogens with one attached hydrogen (secondary N) is 2. The summed E-state index contributed by atoms with van der Waals surface area (Å²) >= 11 is 5.19. The third kappa shape index (κ3) is 5.14. The minimum absolute atomic E-state index is 0.623. The van der Waals surface area contributed by atoms with Gasteiger partial charge in [0.2, 0.25) is 0 Å². The average Bonchev–Trinajstić information content (AvgIpc) is 2.96. The molecule has 1 aromatic carbocycles. The number of rotatable bonds is 6. The summed E-state index contributed by atoms with van der Waals surface area (Å²) in [7, 11) is 0. The maximum atomic E-state index is 5.22. The van der Waals surface area contributed by atoms with Crippen LogP contribution in [0, 0.1) is 0 Å². The molecule has 2 rings (SSSR count). The molecular formula is C15H18N2OS. The highest BCUT2D eigenvalue weighted by molar-refractivity contribution is 7.80. The van der Waals surface area contributed by atoms with Gasteiger partial charge in [-0.15, -0.1) is 0 Å². The van der Waals surface area contributed by atoms with Gasteiger partial charge < -0.3 is 15.1 Å². The van der Waals surface area contributed by atoms with Crippen LogP contribution in [0.4, 0.5) is 0 Å². The summed E-state index contributed by atoms with van der Waals surface area (Å²) in [5, 5.41) is 6.98. The van der Waals surface area contributed by atoms with E-state index in [-0.39, 0.29) is 0 Å². The molecule has 0 aliphatic rings. The van der Waals surface area contributed by atoms with Gasteiger partial charge in [-0.05, 0) is 42.8 Å². The first kappa shape index (κ1) is 13.6. The zero-order valence-electron chi connectivity index (χ0n) is 10.8. The number of hydrogen-bond donors (Lipinski definition) is 2. The van der Waals surface area contributed by atoms with Crippen molar-refractivity contribution in [1.82, 2.24) is 10.6 Å². The van der Waals surface area contributed by atoms with Crippen molar-refractivity contribution in [3.63, 3.8) is 0 Å². The molecule has 3 nitrogen and oxygen atoms in total. The molecule has 1 heterocycles. The van der Waals surface area contributed by atoms with Crippen LogP contribution in [0.3, 0.4) is 0 Å². The smallest absolute Gasteiger partial charge is 0.166 e. The van der Waals surface area contributed by atoms with Crippen LogP contribution < -0.4 is 10.6 Å². The highest BCUT2D eigenvalue weighted by atomic mass is 32.1. The van der Waals surface area contributed by atoms with Crippen LogP contribution in [0.1, 0.15) is 17.7 Å². The molecule has 0 aliphatic heterocycles. The van der Waals surface area contributed by atoms with E-state index in [0.29, 0.717) is 11.7 Å². The van der Waals surface area contributed by atoms with Gasteiger partial charge in [0.05, 0.1) is 12.8 Å². The molecule has 0 atom stereocenters. The largest absolute Gasteiger partial charge is 0.467 e. The second-order valence-electron chi connectivity index (χ2n) is 4.28. The van der Waals surface area contributed by atoms with E-state index in [2.05, 4.69) is 34.9 Å².